The van der Waals surface area contributed by atoms with Crippen molar-refractivity contribution in [1.82, 2.24) is 14.8 Å². The summed E-state index contributed by atoms with van der Waals surface area (Å²) in [6, 6.07) is 1.79. The second-order valence-corrected chi connectivity index (χ2v) is 4.89. The molecule has 1 heterocycles. The molecule has 0 radical (unpaired) electrons. The van der Waals surface area contributed by atoms with Crippen LogP contribution in [0.5, 0.6) is 0 Å². The lowest BCUT2D eigenvalue weighted by Crippen LogP contribution is -2.07. The van der Waals surface area contributed by atoms with Gasteiger partial charge in [0, 0.05) is 17.0 Å². The maximum Gasteiger partial charge on any atom is 0.375 e. The summed E-state index contributed by atoms with van der Waals surface area (Å²) in [5.74, 6) is -3.02. The molecular formula is C12H10BrF2N3O2. The SMILES string of the molecule is CCCc1nc(C(=O)O)nn1-c1c(F)cc(F)cc1Br. The van der Waals surface area contributed by atoms with E-state index in [4.69, 9.17) is 5.11 Å². The van der Waals surface area contributed by atoms with Gasteiger partial charge in [0.25, 0.3) is 5.82 Å². The minimum Gasteiger partial charge on any atom is -0.475 e. The van der Waals surface area contributed by atoms with Crippen LogP contribution in [0.4, 0.5) is 8.78 Å². The number of rotatable bonds is 4. The first-order valence-electron chi connectivity index (χ1n) is 5.78. The van der Waals surface area contributed by atoms with Gasteiger partial charge in [0.15, 0.2) is 5.82 Å². The number of carboxylic acid groups (broad SMARTS) is 1. The first kappa shape index (κ1) is 14.6. The van der Waals surface area contributed by atoms with Crippen molar-refractivity contribution in [2.75, 3.05) is 0 Å². The summed E-state index contributed by atoms with van der Waals surface area (Å²) in [5.41, 5.74) is -0.0603. The van der Waals surface area contributed by atoms with E-state index in [2.05, 4.69) is 26.0 Å². The van der Waals surface area contributed by atoms with Gasteiger partial charge in [0.2, 0.25) is 0 Å². The minimum atomic E-state index is -1.31. The number of hydrogen-bond donors (Lipinski definition) is 1. The van der Waals surface area contributed by atoms with Gasteiger partial charge in [-0.05, 0) is 28.4 Å². The highest BCUT2D eigenvalue weighted by Gasteiger charge is 2.20. The Morgan fingerprint density at radius 1 is 1.45 bits per heavy atom. The molecule has 1 N–H and O–H groups in total. The van der Waals surface area contributed by atoms with E-state index in [1.165, 1.54) is 0 Å². The molecule has 5 nitrogen and oxygen atoms in total. The maximum absolute atomic E-state index is 13.9. The van der Waals surface area contributed by atoms with E-state index in [1.807, 2.05) is 6.92 Å². The van der Waals surface area contributed by atoms with Gasteiger partial charge in [0.05, 0.1) is 0 Å². The molecule has 0 unspecified atom stereocenters. The minimum absolute atomic E-state index is 0.0603. The zero-order valence-electron chi connectivity index (χ0n) is 10.4. The van der Waals surface area contributed by atoms with E-state index in [0.29, 0.717) is 24.7 Å². The number of carbonyl (C=O) groups is 1. The molecule has 106 valence electrons. The van der Waals surface area contributed by atoms with Crippen LogP contribution in [-0.2, 0) is 6.42 Å². The second kappa shape index (κ2) is 5.66. The van der Waals surface area contributed by atoms with E-state index in [0.717, 1.165) is 10.7 Å². The molecule has 0 bridgehead atoms. The molecular weight excluding hydrogens is 336 g/mol. The van der Waals surface area contributed by atoms with Crippen LogP contribution in [0, 0.1) is 11.6 Å². The smallest absolute Gasteiger partial charge is 0.375 e. The highest BCUT2D eigenvalue weighted by Crippen LogP contribution is 2.26. The van der Waals surface area contributed by atoms with Crippen LogP contribution in [0.3, 0.4) is 0 Å². The number of aromatic carboxylic acids is 1. The molecule has 0 aliphatic carbocycles. The van der Waals surface area contributed by atoms with E-state index >= 15 is 0 Å². The van der Waals surface area contributed by atoms with Crippen LogP contribution in [0.25, 0.3) is 5.69 Å². The van der Waals surface area contributed by atoms with E-state index in [-0.39, 0.29) is 10.2 Å². The first-order chi connectivity index (χ1) is 9.43. The molecule has 2 aromatic rings. The Morgan fingerprint density at radius 2 is 2.15 bits per heavy atom. The Kier molecular flexibility index (Phi) is 4.12. The number of nitrogens with zero attached hydrogens (tertiary/aromatic N) is 3. The van der Waals surface area contributed by atoms with Crippen molar-refractivity contribution >= 4 is 21.9 Å². The molecule has 1 aromatic heterocycles. The summed E-state index contributed by atoms with van der Waals surface area (Å²) < 4.78 is 28.2. The average molecular weight is 346 g/mol. The number of aromatic nitrogens is 3. The number of benzene rings is 1. The van der Waals surface area contributed by atoms with Gasteiger partial charge >= 0.3 is 5.97 Å². The van der Waals surface area contributed by atoms with Gasteiger partial charge in [-0.25, -0.2) is 23.2 Å². The van der Waals surface area contributed by atoms with Crippen molar-refractivity contribution in [2.24, 2.45) is 0 Å². The fourth-order valence-electron chi connectivity index (χ4n) is 1.74. The molecule has 0 atom stereocenters. The third-order valence-electron chi connectivity index (χ3n) is 2.53. The summed E-state index contributed by atoms with van der Waals surface area (Å²) >= 11 is 3.05. The monoisotopic (exact) mass is 345 g/mol. The van der Waals surface area contributed by atoms with Crippen LogP contribution in [0.2, 0.25) is 0 Å². The van der Waals surface area contributed by atoms with Crippen molar-refractivity contribution in [3.63, 3.8) is 0 Å². The van der Waals surface area contributed by atoms with Crippen molar-refractivity contribution in [1.29, 1.82) is 0 Å². The van der Waals surface area contributed by atoms with Crippen LogP contribution >= 0.6 is 15.9 Å². The zero-order valence-corrected chi connectivity index (χ0v) is 12.0. The van der Waals surface area contributed by atoms with Crippen molar-refractivity contribution < 1.29 is 18.7 Å². The van der Waals surface area contributed by atoms with E-state index in [1.54, 1.807) is 0 Å². The topological polar surface area (TPSA) is 68.0 Å². The Morgan fingerprint density at radius 3 is 2.70 bits per heavy atom. The van der Waals surface area contributed by atoms with Gasteiger partial charge in [0.1, 0.15) is 17.3 Å². The normalized spacial score (nSPS) is 10.8. The van der Waals surface area contributed by atoms with E-state index in [9.17, 15) is 13.6 Å². The lowest BCUT2D eigenvalue weighted by Gasteiger charge is -2.08. The fourth-order valence-corrected chi connectivity index (χ4v) is 2.31. The lowest BCUT2D eigenvalue weighted by atomic mass is 10.2. The van der Waals surface area contributed by atoms with E-state index < -0.39 is 23.4 Å². The molecule has 0 aliphatic heterocycles. The van der Waals surface area contributed by atoms with Crippen molar-refractivity contribution in [3.8, 4) is 5.69 Å². The Hall–Kier alpha value is -1.83. The molecule has 8 heteroatoms. The van der Waals surface area contributed by atoms with Crippen molar-refractivity contribution in [3.05, 3.63) is 39.9 Å². The van der Waals surface area contributed by atoms with Crippen LogP contribution in [0.1, 0.15) is 29.8 Å². The maximum atomic E-state index is 13.9. The Bertz CT molecular complexity index is 650. The number of hydrogen-bond acceptors (Lipinski definition) is 3. The Labute approximate surface area is 121 Å². The number of halogens is 3. The molecule has 2 rings (SSSR count). The molecule has 0 amide bonds. The zero-order chi connectivity index (χ0) is 14.9. The molecule has 20 heavy (non-hydrogen) atoms. The largest absolute Gasteiger partial charge is 0.475 e. The number of carboxylic acids is 1. The van der Waals surface area contributed by atoms with Crippen LogP contribution in [0.15, 0.2) is 16.6 Å². The van der Waals surface area contributed by atoms with Crippen LogP contribution in [-0.4, -0.2) is 25.8 Å². The van der Waals surface area contributed by atoms with Gasteiger partial charge in [-0.15, -0.1) is 5.10 Å². The van der Waals surface area contributed by atoms with Gasteiger partial charge in [-0.1, -0.05) is 6.92 Å². The Balaban J connectivity index is 2.65. The second-order valence-electron chi connectivity index (χ2n) is 4.04. The lowest BCUT2D eigenvalue weighted by molar-refractivity contribution is 0.0683. The predicted octanol–water partition coefficient (Wildman–Crippen LogP) is 2.96. The van der Waals surface area contributed by atoms with Gasteiger partial charge in [-0.3, -0.25) is 0 Å². The molecule has 0 saturated heterocycles. The van der Waals surface area contributed by atoms with Crippen molar-refractivity contribution in [2.45, 2.75) is 19.8 Å². The first-order valence-corrected chi connectivity index (χ1v) is 6.57. The third kappa shape index (κ3) is 2.69. The highest BCUT2D eigenvalue weighted by atomic mass is 79.9. The summed E-state index contributed by atoms with van der Waals surface area (Å²) in [6.07, 6.45) is 1.10. The van der Waals surface area contributed by atoms with Gasteiger partial charge in [-0.2, -0.15) is 0 Å². The highest BCUT2D eigenvalue weighted by molar-refractivity contribution is 9.10. The predicted molar refractivity (Wildman–Crippen MR) is 69.9 cm³/mol. The summed E-state index contributed by atoms with van der Waals surface area (Å²) in [4.78, 5) is 14.8. The van der Waals surface area contributed by atoms with Gasteiger partial charge < -0.3 is 5.11 Å². The molecule has 0 fully saturated rings. The quantitative estimate of drug-likeness (QED) is 0.924. The average Bonchev–Trinajstić information content (AvgIpc) is 2.72. The summed E-state index contributed by atoms with van der Waals surface area (Å²) in [7, 11) is 0. The molecule has 1 aromatic carbocycles. The number of aryl methyl sites for hydroxylation is 1. The molecule has 0 spiro atoms. The molecule has 0 saturated carbocycles. The summed E-state index contributed by atoms with van der Waals surface area (Å²) in [5, 5.41) is 12.7. The standard InChI is InChI=1S/C12H10BrF2N3O2/c1-2-3-9-16-11(12(19)20)17-18(9)10-7(13)4-6(14)5-8(10)15/h4-5H,2-3H2,1H3,(H,19,20). The fraction of sp³-hybridized carbons (Fsp3) is 0.250. The summed E-state index contributed by atoms with van der Waals surface area (Å²) in [6.45, 7) is 1.87. The van der Waals surface area contributed by atoms with Crippen LogP contribution < -0.4 is 0 Å². The third-order valence-corrected chi connectivity index (χ3v) is 3.14. The molecule has 0 aliphatic rings.